The van der Waals surface area contributed by atoms with Gasteiger partial charge in [0, 0.05) is 38.4 Å². The summed E-state index contributed by atoms with van der Waals surface area (Å²) in [4.78, 5) is 24.8. The Morgan fingerprint density at radius 1 is 1.40 bits per heavy atom. The molecule has 1 aliphatic heterocycles. The van der Waals surface area contributed by atoms with E-state index in [1.807, 2.05) is 29.3 Å². The molecule has 0 saturated carbocycles. The number of aromatic nitrogens is 2. The molecule has 20 heavy (non-hydrogen) atoms. The van der Waals surface area contributed by atoms with Crippen molar-refractivity contribution >= 4 is 17.2 Å². The second kappa shape index (κ2) is 5.76. The van der Waals surface area contributed by atoms with E-state index in [0.29, 0.717) is 0 Å². The molecule has 0 atom stereocenters. The molecular weight excluding hydrogens is 272 g/mol. The van der Waals surface area contributed by atoms with E-state index in [9.17, 15) is 4.79 Å². The maximum Gasteiger partial charge on any atom is 0.264 e. The third-order valence-electron chi connectivity index (χ3n) is 3.70. The summed E-state index contributed by atoms with van der Waals surface area (Å²) in [6.45, 7) is 6.29. The van der Waals surface area contributed by atoms with Crippen LogP contribution in [-0.2, 0) is 6.54 Å². The molecular formula is C14H18N4OS. The predicted molar refractivity (Wildman–Crippen MR) is 78.8 cm³/mol. The fraction of sp³-hybridized carbons (Fsp3) is 0.429. The molecule has 1 saturated heterocycles. The fourth-order valence-corrected chi connectivity index (χ4v) is 3.11. The lowest BCUT2D eigenvalue weighted by Crippen LogP contribution is -2.48. The fourth-order valence-electron chi connectivity index (χ4n) is 2.42. The van der Waals surface area contributed by atoms with Gasteiger partial charge >= 0.3 is 0 Å². The molecule has 1 N–H and O–H groups in total. The van der Waals surface area contributed by atoms with E-state index in [0.717, 1.165) is 49.0 Å². The number of H-pyrrole nitrogens is 1. The molecule has 1 amide bonds. The highest BCUT2D eigenvalue weighted by Crippen LogP contribution is 2.15. The predicted octanol–water partition coefficient (Wildman–Crippen LogP) is 1.74. The number of thiophene rings is 1. The van der Waals surface area contributed by atoms with Crippen LogP contribution in [0.3, 0.4) is 0 Å². The Morgan fingerprint density at radius 3 is 2.80 bits per heavy atom. The van der Waals surface area contributed by atoms with Gasteiger partial charge in [-0.15, -0.1) is 11.3 Å². The van der Waals surface area contributed by atoms with Crippen molar-refractivity contribution in [3.05, 3.63) is 40.1 Å². The number of carbonyl (C=O) groups is 1. The van der Waals surface area contributed by atoms with Crippen LogP contribution in [0.25, 0.3) is 0 Å². The number of hydrogen-bond donors (Lipinski definition) is 1. The molecule has 3 heterocycles. The first kappa shape index (κ1) is 13.3. The van der Waals surface area contributed by atoms with Crippen LogP contribution in [0.15, 0.2) is 23.8 Å². The number of imidazole rings is 1. The van der Waals surface area contributed by atoms with E-state index in [-0.39, 0.29) is 5.91 Å². The van der Waals surface area contributed by atoms with E-state index in [4.69, 9.17) is 0 Å². The van der Waals surface area contributed by atoms with Crippen molar-refractivity contribution in [2.45, 2.75) is 13.5 Å². The van der Waals surface area contributed by atoms with Crippen molar-refractivity contribution < 1.29 is 4.79 Å². The first-order valence-corrected chi connectivity index (χ1v) is 7.66. The molecule has 0 unspecified atom stereocenters. The van der Waals surface area contributed by atoms with Crippen molar-refractivity contribution in [1.29, 1.82) is 0 Å². The molecule has 106 valence electrons. The van der Waals surface area contributed by atoms with Crippen LogP contribution in [0.2, 0.25) is 0 Å². The Morgan fingerprint density at radius 2 is 2.20 bits per heavy atom. The summed E-state index contributed by atoms with van der Waals surface area (Å²) in [6.07, 6.45) is 1.74. The number of piperazine rings is 1. The lowest BCUT2D eigenvalue weighted by atomic mass is 10.2. The highest BCUT2D eigenvalue weighted by Gasteiger charge is 2.23. The Hall–Kier alpha value is -1.66. The van der Waals surface area contributed by atoms with Gasteiger partial charge < -0.3 is 9.88 Å². The van der Waals surface area contributed by atoms with Gasteiger partial charge in [0.2, 0.25) is 0 Å². The lowest BCUT2D eigenvalue weighted by Gasteiger charge is -2.34. The minimum atomic E-state index is 0.163. The van der Waals surface area contributed by atoms with Crippen LogP contribution < -0.4 is 0 Å². The van der Waals surface area contributed by atoms with Crippen LogP contribution in [0.4, 0.5) is 0 Å². The van der Waals surface area contributed by atoms with Crippen LogP contribution in [0, 0.1) is 6.92 Å². The van der Waals surface area contributed by atoms with Gasteiger partial charge in [-0.2, -0.15) is 0 Å². The molecule has 0 bridgehead atoms. The first-order valence-electron chi connectivity index (χ1n) is 6.78. The molecule has 3 rings (SSSR count). The lowest BCUT2D eigenvalue weighted by molar-refractivity contribution is 0.0631. The molecule has 5 nitrogen and oxygen atoms in total. The van der Waals surface area contributed by atoms with Crippen molar-refractivity contribution in [2.75, 3.05) is 26.2 Å². The first-order chi connectivity index (χ1) is 9.74. The summed E-state index contributed by atoms with van der Waals surface area (Å²) in [5.74, 6) is 0.163. The molecule has 1 aliphatic rings. The van der Waals surface area contributed by atoms with Gasteiger partial charge in [-0.1, -0.05) is 6.07 Å². The summed E-state index contributed by atoms with van der Waals surface area (Å²) < 4.78 is 0. The average Bonchev–Trinajstić information content (AvgIpc) is 3.12. The van der Waals surface area contributed by atoms with E-state index in [1.54, 1.807) is 6.33 Å². The summed E-state index contributed by atoms with van der Waals surface area (Å²) in [5, 5.41) is 1.95. The van der Waals surface area contributed by atoms with E-state index in [2.05, 4.69) is 14.9 Å². The average molecular weight is 290 g/mol. The standard InChI is InChI=1S/C14H18N4OS/c1-11-12(16-10-15-11)9-17-4-6-18(7-5-17)14(19)13-3-2-8-20-13/h2-3,8,10H,4-7,9H2,1H3,(H,15,16). The van der Waals surface area contributed by atoms with Crippen molar-refractivity contribution in [2.24, 2.45) is 0 Å². The minimum Gasteiger partial charge on any atom is -0.348 e. The zero-order chi connectivity index (χ0) is 13.9. The third kappa shape index (κ3) is 2.76. The third-order valence-corrected chi connectivity index (χ3v) is 4.56. The van der Waals surface area contributed by atoms with Gasteiger partial charge in [0.25, 0.3) is 5.91 Å². The molecule has 6 heteroatoms. The number of carbonyl (C=O) groups excluding carboxylic acids is 1. The van der Waals surface area contributed by atoms with Gasteiger partial charge in [0.15, 0.2) is 0 Å². The number of aryl methyl sites for hydroxylation is 1. The van der Waals surface area contributed by atoms with Crippen molar-refractivity contribution in [3.63, 3.8) is 0 Å². The second-order valence-electron chi connectivity index (χ2n) is 5.02. The Kier molecular flexibility index (Phi) is 3.84. The number of aromatic amines is 1. The molecule has 0 spiro atoms. The number of amides is 1. The normalized spacial score (nSPS) is 16.6. The highest BCUT2D eigenvalue weighted by molar-refractivity contribution is 7.12. The summed E-state index contributed by atoms with van der Waals surface area (Å²) >= 11 is 1.51. The van der Waals surface area contributed by atoms with Gasteiger partial charge in [-0.25, -0.2) is 4.98 Å². The van der Waals surface area contributed by atoms with Gasteiger partial charge in [-0.05, 0) is 18.4 Å². The molecule has 2 aromatic heterocycles. The summed E-state index contributed by atoms with van der Waals surface area (Å²) in [7, 11) is 0. The molecule has 2 aromatic rings. The number of hydrogen-bond acceptors (Lipinski definition) is 4. The van der Waals surface area contributed by atoms with Crippen LogP contribution in [0.1, 0.15) is 21.1 Å². The number of nitrogens with one attached hydrogen (secondary N) is 1. The summed E-state index contributed by atoms with van der Waals surface area (Å²) in [5.41, 5.74) is 2.23. The van der Waals surface area contributed by atoms with Crippen LogP contribution >= 0.6 is 11.3 Å². The van der Waals surface area contributed by atoms with Crippen molar-refractivity contribution in [1.82, 2.24) is 19.8 Å². The van der Waals surface area contributed by atoms with Gasteiger partial charge in [0.05, 0.1) is 16.9 Å². The number of nitrogens with zero attached hydrogens (tertiary/aromatic N) is 3. The monoisotopic (exact) mass is 290 g/mol. The maximum absolute atomic E-state index is 12.2. The van der Waals surface area contributed by atoms with Gasteiger partial charge in [-0.3, -0.25) is 9.69 Å². The second-order valence-corrected chi connectivity index (χ2v) is 5.97. The highest BCUT2D eigenvalue weighted by atomic mass is 32.1. The van der Waals surface area contributed by atoms with E-state index >= 15 is 0 Å². The van der Waals surface area contributed by atoms with Gasteiger partial charge in [0.1, 0.15) is 0 Å². The Labute approximate surface area is 122 Å². The molecule has 0 radical (unpaired) electrons. The Bertz CT molecular complexity index is 570. The summed E-state index contributed by atoms with van der Waals surface area (Å²) in [6, 6.07) is 3.82. The van der Waals surface area contributed by atoms with E-state index in [1.165, 1.54) is 11.3 Å². The zero-order valence-corrected chi connectivity index (χ0v) is 12.3. The van der Waals surface area contributed by atoms with Crippen LogP contribution in [-0.4, -0.2) is 51.9 Å². The topological polar surface area (TPSA) is 52.2 Å². The van der Waals surface area contributed by atoms with Crippen molar-refractivity contribution in [3.8, 4) is 0 Å². The zero-order valence-electron chi connectivity index (χ0n) is 11.5. The van der Waals surface area contributed by atoms with E-state index < -0.39 is 0 Å². The minimum absolute atomic E-state index is 0.163. The van der Waals surface area contributed by atoms with Crippen LogP contribution in [0.5, 0.6) is 0 Å². The largest absolute Gasteiger partial charge is 0.348 e. The smallest absolute Gasteiger partial charge is 0.264 e. The Balaban J connectivity index is 1.55. The SMILES string of the molecule is Cc1[nH]cnc1CN1CCN(C(=O)c2cccs2)CC1. The quantitative estimate of drug-likeness (QED) is 0.937. The molecule has 1 fully saturated rings. The number of rotatable bonds is 3. The maximum atomic E-state index is 12.2. The molecule has 0 aromatic carbocycles. The molecule has 0 aliphatic carbocycles.